The maximum atomic E-state index is 12.8. The van der Waals surface area contributed by atoms with E-state index in [-0.39, 0.29) is 16.4 Å². The number of rotatable bonds is 8. The normalized spacial score (nSPS) is 11.4. The molecule has 2 aromatic carbocycles. The fourth-order valence-corrected chi connectivity index (χ4v) is 4.27. The van der Waals surface area contributed by atoms with Gasteiger partial charge in [-0.3, -0.25) is 4.79 Å². The van der Waals surface area contributed by atoms with Gasteiger partial charge in [0.15, 0.2) is 12.3 Å². The molecule has 2 aromatic heterocycles. The highest BCUT2D eigenvalue weighted by molar-refractivity contribution is 7.89. The molecule has 0 aliphatic rings. The molecular formula is C24H23N5O5S. The Morgan fingerprint density at radius 2 is 1.71 bits per heavy atom. The summed E-state index contributed by atoms with van der Waals surface area (Å²) in [5.74, 6) is -1.12. The summed E-state index contributed by atoms with van der Waals surface area (Å²) in [5.41, 5.74) is 3.44. The predicted molar refractivity (Wildman–Crippen MR) is 127 cm³/mol. The predicted octanol–water partition coefficient (Wildman–Crippen LogP) is 2.42. The van der Waals surface area contributed by atoms with Crippen molar-refractivity contribution in [2.45, 2.75) is 25.3 Å². The Labute approximate surface area is 202 Å². The number of hydrogen-bond donors (Lipinski definition) is 1. The molecule has 10 nitrogen and oxygen atoms in total. The van der Waals surface area contributed by atoms with Crippen molar-refractivity contribution in [2.24, 2.45) is 5.14 Å². The maximum Gasteiger partial charge on any atom is 0.360 e. The molecule has 0 radical (unpaired) electrons. The molecule has 0 amide bonds. The van der Waals surface area contributed by atoms with Crippen LogP contribution in [-0.4, -0.2) is 46.3 Å². The van der Waals surface area contributed by atoms with Crippen LogP contribution in [0, 0.1) is 13.8 Å². The second-order valence-electron chi connectivity index (χ2n) is 7.95. The minimum absolute atomic E-state index is 0.00683. The van der Waals surface area contributed by atoms with Gasteiger partial charge in [-0.05, 0) is 49.7 Å². The zero-order valence-corrected chi connectivity index (χ0v) is 19.9. The van der Waals surface area contributed by atoms with Crippen molar-refractivity contribution in [1.82, 2.24) is 19.6 Å². The van der Waals surface area contributed by atoms with E-state index in [0.717, 1.165) is 11.3 Å². The van der Waals surface area contributed by atoms with Crippen molar-refractivity contribution >= 4 is 21.8 Å². The van der Waals surface area contributed by atoms with Gasteiger partial charge < -0.3 is 9.30 Å². The van der Waals surface area contributed by atoms with Crippen molar-refractivity contribution in [1.29, 1.82) is 0 Å². The minimum Gasteiger partial charge on any atom is -0.452 e. The van der Waals surface area contributed by atoms with E-state index in [1.807, 2.05) is 37.3 Å². The number of aromatic nitrogens is 4. The van der Waals surface area contributed by atoms with Crippen LogP contribution in [0.2, 0.25) is 0 Å². The quantitative estimate of drug-likeness (QED) is 0.294. The van der Waals surface area contributed by atoms with Crippen LogP contribution < -0.4 is 5.14 Å². The number of nitrogens with zero attached hydrogens (tertiary/aromatic N) is 4. The van der Waals surface area contributed by atoms with Gasteiger partial charge in [-0.25, -0.2) is 23.0 Å². The van der Waals surface area contributed by atoms with Crippen molar-refractivity contribution in [2.75, 3.05) is 6.61 Å². The summed E-state index contributed by atoms with van der Waals surface area (Å²) >= 11 is 0. The lowest BCUT2D eigenvalue weighted by molar-refractivity contribution is 0.0468. The number of nitrogens with two attached hydrogens (primary N) is 1. The van der Waals surface area contributed by atoms with E-state index < -0.39 is 22.6 Å². The fourth-order valence-electron chi connectivity index (χ4n) is 3.75. The monoisotopic (exact) mass is 493 g/mol. The number of carbonyl (C=O) groups excluding carboxylic acids is 2. The zero-order valence-electron chi connectivity index (χ0n) is 19.1. The van der Waals surface area contributed by atoms with E-state index in [2.05, 4.69) is 10.3 Å². The van der Waals surface area contributed by atoms with Gasteiger partial charge in [0.2, 0.25) is 15.8 Å². The number of hydrogen-bond acceptors (Lipinski definition) is 7. The summed E-state index contributed by atoms with van der Waals surface area (Å²) in [5, 5.41) is 12.9. The van der Waals surface area contributed by atoms with Crippen molar-refractivity contribution in [3.8, 4) is 5.69 Å². The lowest BCUT2D eigenvalue weighted by atomic mass is 10.1. The molecule has 2 N–H and O–H groups in total. The third-order valence-electron chi connectivity index (χ3n) is 5.42. The van der Waals surface area contributed by atoms with E-state index in [1.165, 1.54) is 23.0 Å². The first kappa shape index (κ1) is 24.0. The van der Waals surface area contributed by atoms with Gasteiger partial charge in [0.05, 0.1) is 17.6 Å². The molecule has 2 heterocycles. The third-order valence-corrected chi connectivity index (χ3v) is 6.35. The van der Waals surface area contributed by atoms with Crippen LogP contribution in [0.25, 0.3) is 5.69 Å². The molecule has 4 rings (SSSR count). The van der Waals surface area contributed by atoms with Crippen LogP contribution in [-0.2, 0) is 21.3 Å². The third kappa shape index (κ3) is 5.36. The van der Waals surface area contributed by atoms with Crippen LogP contribution in [0.1, 0.15) is 37.8 Å². The second-order valence-corrected chi connectivity index (χ2v) is 9.51. The number of ketones is 1. The van der Waals surface area contributed by atoms with Crippen LogP contribution in [0.15, 0.2) is 71.8 Å². The van der Waals surface area contributed by atoms with Crippen molar-refractivity contribution in [3.63, 3.8) is 0 Å². The fraction of sp³-hybridized carbons (Fsp3) is 0.167. The average molecular weight is 494 g/mol. The highest BCUT2D eigenvalue weighted by Crippen LogP contribution is 2.22. The molecule has 0 aliphatic heterocycles. The molecule has 11 heteroatoms. The number of primary sulfonamides is 1. The Morgan fingerprint density at radius 1 is 1.03 bits per heavy atom. The Kier molecular flexibility index (Phi) is 6.63. The summed E-state index contributed by atoms with van der Waals surface area (Å²) in [6, 6.07) is 17.3. The van der Waals surface area contributed by atoms with Crippen LogP contribution in [0.4, 0.5) is 0 Å². The molecule has 0 bridgehead atoms. The van der Waals surface area contributed by atoms with Gasteiger partial charge in [-0.1, -0.05) is 35.5 Å². The molecule has 0 fully saturated rings. The molecule has 0 saturated carbocycles. The summed E-state index contributed by atoms with van der Waals surface area (Å²) in [6.45, 7) is 3.56. The van der Waals surface area contributed by atoms with Gasteiger partial charge in [0.25, 0.3) is 0 Å². The van der Waals surface area contributed by atoms with Gasteiger partial charge >= 0.3 is 5.97 Å². The number of ether oxygens (including phenoxy) is 1. The van der Waals surface area contributed by atoms with Gasteiger partial charge in [0, 0.05) is 22.6 Å². The van der Waals surface area contributed by atoms with E-state index in [4.69, 9.17) is 9.88 Å². The van der Waals surface area contributed by atoms with Gasteiger partial charge in [-0.15, -0.1) is 5.10 Å². The van der Waals surface area contributed by atoms with E-state index in [9.17, 15) is 18.0 Å². The van der Waals surface area contributed by atoms with Crippen LogP contribution in [0.5, 0.6) is 0 Å². The van der Waals surface area contributed by atoms with Crippen molar-refractivity contribution < 1.29 is 22.7 Å². The molecule has 0 atom stereocenters. The molecule has 180 valence electrons. The van der Waals surface area contributed by atoms with Crippen molar-refractivity contribution in [3.05, 3.63) is 95.1 Å². The molecule has 0 saturated heterocycles. The Hall–Kier alpha value is -4.09. The molecule has 0 spiro atoms. The number of carbonyl (C=O) groups is 2. The van der Waals surface area contributed by atoms with Crippen LogP contribution >= 0.6 is 0 Å². The highest BCUT2D eigenvalue weighted by atomic mass is 32.2. The molecule has 0 aliphatic carbocycles. The van der Waals surface area contributed by atoms with Gasteiger partial charge in [-0.2, -0.15) is 0 Å². The Balaban J connectivity index is 1.43. The smallest absolute Gasteiger partial charge is 0.360 e. The lowest BCUT2D eigenvalue weighted by Crippen LogP contribution is -2.15. The SMILES string of the molecule is Cc1cc(C(=O)COC(=O)c2cn(Cc3ccccc3)nn2)c(C)n1-c1ccc(S(N)(=O)=O)cc1. The van der Waals surface area contributed by atoms with E-state index in [0.29, 0.717) is 23.5 Å². The molecular weight excluding hydrogens is 470 g/mol. The van der Waals surface area contributed by atoms with E-state index >= 15 is 0 Å². The Bertz CT molecular complexity index is 1490. The first-order valence-corrected chi connectivity index (χ1v) is 12.1. The summed E-state index contributed by atoms with van der Waals surface area (Å²) in [6.07, 6.45) is 1.47. The first-order valence-electron chi connectivity index (χ1n) is 10.6. The summed E-state index contributed by atoms with van der Waals surface area (Å²) < 4.78 is 31.5. The largest absolute Gasteiger partial charge is 0.452 e. The summed E-state index contributed by atoms with van der Waals surface area (Å²) in [4.78, 5) is 25.2. The zero-order chi connectivity index (χ0) is 25.2. The molecule has 4 aromatic rings. The molecule has 0 unspecified atom stereocenters. The Morgan fingerprint density at radius 3 is 2.37 bits per heavy atom. The number of Topliss-reactive ketones (excluding diaryl/α,β-unsaturated/α-hetero) is 1. The number of aryl methyl sites for hydroxylation is 1. The topological polar surface area (TPSA) is 139 Å². The number of benzene rings is 2. The van der Waals surface area contributed by atoms with E-state index in [1.54, 1.807) is 29.7 Å². The van der Waals surface area contributed by atoms with Crippen LogP contribution in [0.3, 0.4) is 0 Å². The molecule has 35 heavy (non-hydrogen) atoms. The number of esters is 1. The standard InChI is InChI=1S/C24H23N5O5S/c1-16-12-21(17(2)29(16)19-8-10-20(11-9-19)35(25,32)33)23(30)15-34-24(31)22-14-28(27-26-22)13-18-6-4-3-5-7-18/h3-12,14H,13,15H2,1-2H3,(H2,25,32,33). The maximum absolute atomic E-state index is 12.8. The number of sulfonamides is 1. The minimum atomic E-state index is -3.81. The summed E-state index contributed by atoms with van der Waals surface area (Å²) in [7, 11) is -3.81. The first-order chi connectivity index (χ1) is 16.6. The highest BCUT2D eigenvalue weighted by Gasteiger charge is 2.20. The lowest BCUT2D eigenvalue weighted by Gasteiger charge is -2.10. The average Bonchev–Trinajstić information content (AvgIpc) is 3.41. The second kappa shape index (κ2) is 9.65. The van der Waals surface area contributed by atoms with Gasteiger partial charge in [0.1, 0.15) is 0 Å².